The summed E-state index contributed by atoms with van der Waals surface area (Å²) in [5.74, 6) is 0.254. The first-order valence-electron chi connectivity index (χ1n) is 12.0. The van der Waals surface area contributed by atoms with Gasteiger partial charge in [-0.25, -0.2) is 8.42 Å². The highest BCUT2D eigenvalue weighted by molar-refractivity contribution is 7.92. The molecule has 2 N–H and O–H groups in total. The molecule has 5 rings (SSSR count). The minimum Gasteiger partial charge on any atom is -0.378 e. The highest BCUT2D eigenvalue weighted by Gasteiger charge is 2.42. The number of ketones is 1. The summed E-state index contributed by atoms with van der Waals surface area (Å²) in [7, 11) is -3.74. The monoisotopic (exact) mass is 490 g/mol. The van der Waals surface area contributed by atoms with Crippen molar-refractivity contribution in [3.63, 3.8) is 0 Å². The second-order valence-electron chi connectivity index (χ2n) is 9.73. The Morgan fingerprint density at radius 2 is 1.83 bits per heavy atom. The van der Waals surface area contributed by atoms with Crippen LogP contribution < -0.4 is 10.0 Å². The number of ether oxygens (including phenoxy) is 1. The van der Waals surface area contributed by atoms with Crippen LogP contribution in [0.3, 0.4) is 0 Å². The molecule has 2 aliphatic rings. The minimum absolute atomic E-state index is 0.0195. The normalized spacial score (nSPS) is 21.2. The van der Waals surface area contributed by atoms with Crippen molar-refractivity contribution >= 4 is 27.2 Å². The number of hydrogen-bond donors (Lipinski definition) is 2. The zero-order valence-corrected chi connectivity index (χ0v) is 20.9. The fourth-order valence-electron chi connectivity index (χ4n) is 5.06. The zero-order chi connectivity index (χ0) is 24.7. The number of carbonyl (C=O) groups excluding carboxylic acids is 1. The van der Waals surface area contributed by atoms with Crippen LogP contribution in [0.25, 0.3) is 0 Å². The maximum Gasteiger partial charge on any atom is 0.261 e. The van der Waals surface area contributed by atoms with Crippen molar-refractivity contribution in [1.29, 1.82) is 0 Å². The molecule has 3 aromatic rings. The largest absolute Gasteiger partial charge is 0.378 e. The molecule has 3 unspecified atom stereocenters. The van der Waals surface area contributed by atoms with Crippen molar-refractivity contribution in [2.24, 2.45) is 11.8 Å². The number of rotatable bonds is 6. The third kappa shape index (κ3) is 4.58. The molecule has 182 valence electrons. The van der Waals surface area contributed by atoms with Crippen molar-refractivity contribution in [2.75, 3.05) is 16.6 Å². The van der Waals surface area contributed by atoms with E-state index in [9.17, 15) is 13.2 Å². The number of anilines is 2. The lowest BCUT2D eigenvalue weighted by atomic mass is 9.81. The van der Waals surface area contributed by atoms with Crippen LogP contribution in [0.1, 0.15) is 59.5 Å². The van der Waals surface area contributed by atoms with E-state index in [1.165, 1.54) is 0 Å². The van der Waals surface area contributed by atoms with E-state index >= 15 is 0 Å². The van der Waals surface area contributed by atoms with Gasteiger partial charge in [0.15, 0.2) is 5.78 Å². The van der Waals surface area contributed by atoms with E-state index in [4.69, 9.17) is 4.74 Å². The van der Waals surface area contributed by atoms with E-state index in [2.05, 4.69) is 10.0 Å². The Bertz CT molecular complexity index is 1370. The van der Waals surface area contributed by atoms with Crippen LogP contribution in [-0.4, -0.2) is 20.8 Å². The first-order valence-corrected chi connectivity index (χ1v) is 13.5. The first kappa shape index (κ1) is 23.6. The third-order valence-electron chi connectivity index (χ3n) is 6.87. The molecule has 2 heterocycles. The molecule has 6 nitrogen and oxygen atoms in total. The summed E-state index contributed by atoms with van der Waals surface area (Å²) in [4.78, 5) is 12.5. The average molecular weight is 491 g/mol. The zero-order valence-electron chi connectivity index (χ0n) is 20.1. The van der Waals surface area contributed by atoms with E-state index < -0.39 is 10.0 Å². The molecule has 1 fully saturated rings. The summed E-state index contributed by atoms with van der Waals surface area (Å²) >= 11 is 0. The van der Waals surface area contributed by atoms with Gasteiger partial charge in [0.25, 0.3) is 10.0 Å². The molecule has 3 aromatic carbocycles. The van der Waals surface area contributed by atoms with E-state index in [0.717, 1.165) is 34.4 Å². The van der Waals surface area contributed by atoms with Crippen LogP contribution in [0, 0.1) is 18.8 Å². The summed E-state index contributed by atoms with van der Waals surface area (Å²) in [6.07, 6.45) is 0.676. The lowest BCUT2D eigenvalue weighted by Gasteiger charge is -2.36. The van der Waals surface area contributed by atoms with Gasteiger partial charge < -0.3 is 10.1 Å². The molecule has 35 heavy (non-hydrogen) atoms. The predicted molar refractivity (Wildman–Crippen MR) is 137 cm³/mol. The molecule has 1 saturated heterocycles. The van der Waals surface area contributed by atoms with E-state index in [1.54, 1.807) is 24.3 Å². The topological polar surface area (TPSA) is 84.5 Å². The van der Waals surface area contributed by atoms with Gasteiger partial charge in [0.2, 0.25) is 0 Å². The summed E-state index contributed by atoms with van der Waals surface area (Å²) in [6.45, 7) is 6.35. The van der Waals surface area contributed by atoms with E-state index in [-0.39, 0.29) is 34.7 Å². The molecule has 0 aromatic heterocycles. The van der Waals surface area contributed by atoms with E-state index in [1.807, 2.05) is 63.2 Å². The Balaban J connectivity index is 1.44. The minimum atomic E-state index is -3.74. The second kappa shape index (κ2) is 9.13. The lowest BCUT2D eigenvalue weighted by molar-refractivity contribution is 0.0827. The molecule has 0 aliphatic carbocycles. The molecule has 0 amide bonds. The Hall–Kier alpha value is -3.16. The fraction of sp³-hybridized carbons (Fsp3) is 0.321. The number of carbonyl (C=O) groups is 1. The summed E-state index contributed by atoms with van der Waals surface area (Å²) in [5, 5.41) is 3.61. The molecular formula is C28H30N2O4S. The van der Waals surface area contributed by atoms with Gasteiger partial charge in [-0.2, -0.15) is 0 Å². The summed E-state index contributed by atoms with van der Waals surface area (Å²) in [6, 6.07) is 20.3. The Morgan fingerprint density at radius 1 is 1.06 bits per heavy atom. The first-order chi connectivity index (χ1) is 16.7. The molecule has 7 heteroatoms. The van der Waals surface area contributed by atoms with Crippen molar-refractivity contribution in [1.82, 2.24) is 0 Å². The van der Waals surface area contributed by atoms with Gasteiger partial charge in [0.05, 0.1) is 17.0 Å². The van der Waals surface area contributed by atoms with Crippen LogP contribution in [0.4, 0.5) is 11.4 Å². The smallest absolute Gasteiger partial charge is 0.261 e. The van der Waals surface area contributed by atoms with Gasteiger partial charge in [-0.05, 0) is 54.8 Å². The van der Waals surface area contributed by atoms with E-state index in [0.29, 0.717) is 12.3 Å². The summed E-state index contributed by atoms with van der Waals surface area (Å²) < 4.78 is 35.0. The highest BCUT2D eigenvalue weighted by atomic mass is 32.2. The van der Waals surface area contributed by atoms with Gasteiger partial charge in [-0.1, -0.05) is 50.2 Å². The van der Waals surface area contributed by atoms with Gasteiger partial charge >= 0.3 is 0 Å². The Labute approximate surface area is 206 Å². The maximum atomic E-state index is 13.1. The molecule has 0 saturated carbocycles. The SMILES string of the molecule is Cc1cccc(NS(=O)(=O)c2ccc3c(c2)C2OCCC2C(c2ccc(C(=O)C(C)C)cc2)N3)c1. The van der Waals surface area contributed by atoms with Crippen molar-refractivity contribution in [3.05, 3.63) is 89.0 Å². The van der Waals surface area contributed by atoms with Gasteiger partial charge in [0, 0.05) is 40.9 Å². The van der Waals surface area contributed by atoms with Crippen molar-refractivity contribution < 1.29 is 17.9 Å². The van der Waals surface area contributed by atoms with Crippen molar-refractivity contribution in [2.45, 2.75) is 44.2 Å². The van der Waals surface area contributed by atoms with Crippen LogP contribution in [0.2, 0.25) is 0 Å². The number of Topliss-reactive ketones (excluding diaryl/α,β-unsaturated/α-hetero) is 1. The van der Waals surface area contributed by atoms with Crippen LogP contribution >= 0.6 is 0 Å². The van der Waals surface area contributed by atoms with Crippen molar-refractivity contribution in [3.8, 4) is 0 Å². The molecule has 0 radical (unpaired) electrons. The second-order valence-corrected chi connectivity index (χ2v) is 11.4. The number of fused-ring (bicyclic) bond motifs is 3. The Kier molecular flexibility index (Phi) is 6.15. The van der Waals surface area contributed by atoms with Crippen LogP contribution in [0.5, 0.6) is 0 Å². The number of aryl methyl sites for hydroxylation is 1. The molecule has 0 spiro atoms. The molecule has 0 bridgehead atoms. The number of hydrogen-bond acceptors (Lipinski definition) is 5. The fourth-order valence-corrected chi connectivity index (χ4v) is 6.14. The Morgan fingerprint density at radius 3 is 2.54 bits per heavy atom. The third-order valence-corrected chi connectivity index (χ3v) is 8.24. The maximum absolute atomic E-state index is 13.1. The number of nitrogens with one attached hydrogen (secondary N) is 2. The van der Waals surface area contributed by atoms with Gasteiger partial charge in [0.1, 0.15) is 0 Å². The standard InChI is InChI=1S/C28H30N2O4S/c1-17(2)27(31)20-9-7-19(8-10-20)26-23-13-14-34-28(23)24-16-22(11-12-25(24)29-26)35(32,33)30-21-6-4-5-18(3)15-21/h4-12,15-17,23,26,28-30H,13-14H2,1-3H3. The molecular weight excluding hydrogens is 460 g/mol. The van der Waals surface area contributed by atoms with Gasteiger partial charge in [-0.3, -0.25) is 9.52 Å². The number of sulfonamides is 1. The highest BCUT2D eigenvalue weighted by Crippen LogP contribution is 2.50. The molecule has 2 aliphatic heterocycles. The number of benzene rings is 3. The van der Waals surface area contributed by atoms with Crippen LogP contribution in [0.15, 0.2) is 71.6 Å². The quantitative estimate of drug-likeness (QED) is 0.422. The molecule has 3 atom stereocenters. The van der Waals surface area contributed by atoms with Gasteiger partial charge in [-0.15, -0.1) is 0 Å². The average Bonchev–Trinajstić information content (AvgIpc) is 3.33. The van der Waals surface area contributed by atoms with Crippen LogP contribution in [-0.2, 0) is 14.8 Å². The summed E-state index contributed by atoms with van der Waals surface area (Å²) in [5.41, 5.74) is 5.06. The lowest BCUT2D eigenvalue weighted by Crippen LogP contribution is -2.29. The predicted octanol–water partition coefficient (Wildman–Crippen LogP) is 5.88.